The van der Waals surface area contributed by atoms with E-state index in [4.69, 9.17) is 9.47 Å². The molecule has 2 amide bonds. The number of anilines is 1. The quantitative estimate of drug-likeness (QED) is 0.273. The van der Waals surface area contributed by atoms with Crippen LogP contribution in [-0.2, 0) is 16.0 Å². The largest absolute Gasteiger partial charge is 0.497 e. The van der Waals surface area contributed by atoms with E-state index in [2.05, 4.69) is 43.5 Å². The summed E-state index contributed by atoms with van der Waals surface area (Å²) in [7, 11) is -0.416. The highest BCUT2D eigenvalue weighted by atomic mass is 28.3. The summed E-state index contributed by atoms with van der Waals surface area (Å²) < 4.78 is 12.3. The summed E-state index contributed by atoms with van der Waals surface area (Å²) in [6.07, 6.45) is 3.60. The van der Waals surface area contributed by atoms with Gasteiger partial charge in [0.1, 0.15) is 5.75 Å². The molecule has 0 bridgehead atoms. The van der Waals surface area contributed by atoms with Gasteiger partial charge in [0.25, 0.3) is 5.91 Å². The fourth-order valence-electron chi connectivity index (χ4n) is 7.39. The molecule has 44 heavy (non-hydrogen) atoms. The minimum atomic E-state index is -2.10. The van der Waals surface area contributed by atoms with Gasteiger partial charge in [-0.3, -0.25) is 9.59 Å². The molecule has 0 saturated carbocycles. The first-order valence-corrected chi connectivity index (χ1v) is 18.9. The smallest absolute Gasteiger partial charge is 0.255 e. The number of ether oxygens (including phenoxy) is 2. The minimum Gasteiger partial charge on any atom is -0.497 e. The number of likely N-dealkylation sites (tertiary alicyclic amines) is 1. The molecule has 8 heteroatoms. The first kappa shape index (κ1) is 31.9. The molecule has 2 fully saturated rings. The number of aliphatic hydroxyl groups is 1. The van der Waals surface area contributed by atoms with Crippen LogP contribution in [0.5, 0.6) is 5.75 Å². The van der Waals surface area contributed by atoms with Gasteiger partial charge in [-0.05, 0) is 79.1 Å². The third kappa shape index (κ3) is 7.09. The van der Waals surface area contributed by atoms with Crippen LogP contribution in [0.3, 0.4) is 0 Å². The van der Waals surface area contributed by atoms with Crippen molar-refractivity contribution in [3.63, 3.8) is 0 Å². The standard InChI is InChI=1S/C36H46N2O5Si/c1-25-32(20-15-26-10-8-13-28(22-26)37-36(41)27-11-6-5-7-12-27)43-33(23-34(40)38-21-9-14-29(38)24-39)35(25)44(3,4)31-18-16-30(42-2)17-19-31/h5-8,10-13,16-19,22,25,29,32-33,35,39H,9,14-15,20-21,23-24H2,1-4H3,(H,37,41)/t25-,29+,32+,33-,35+/m1/s1. The third-order valence-corrected chi connectivity index (χ3v) is 14.2. The Morgan fingerprint density at radius 2 is 1.77 bits per heavy atom. The molecule has 2 aliphatic rings. The topological polar surface area (TPSA) is 88.1 Å². The Labute approximate surface area is 262 Å². The fraction of sp³-hybridized carbons (Fsp3) is 0.444. The molecule has 5 atom stereocenters. The SMILES string of the molecule is COc1ccc([Si](C)(C)[C@H]2[C@H](C)[C@H](CCc3cccc(NC(=O)c4ccccc4)c3)O[C@@H]2CC(=O)N2CCC[C@H]2CO)cc1. The number of hydrogen-bond acceptors (Lipinski definition) is 5. The summed E-state index contributed by atoms with van der Waals surface area (Å²) >= 11 is 0. The number of aryl methyl sites for hydroxylation is 1. The van der Waals surface area contributed by atoms with E-state index in [9.17, 15) is 14.7 Å². The Morgan fingerprint density at radius 1 is 1.02 bits per heavy atom. The Morgan fingerprint density at radius 3 is 2.48 bits per heavy atom. The molecule has 2 aliphatic heterocycles. The number of nitrogens with one attached hydrogen (secondary N) is 1. The van der Waals surface area contributed by atoms with E-state index < -0.39 is 8.07 Å². The lowest BCUT2D eigenvalue weighted by atomic mass is 9.95. The first-order chi connectivity index (χ1) is 21.2. The van der Waals surface area contributed by atoms with Gasteiger partial charge in [-0.2, -0.15) is 0 Å². The summed E-state index contributed by atoms with van der Waals surface area (Å²) in [6, 6.07) is 25.6. The average molecular weight is 615 g/mol. The van der Waals surface area contributed by atoms with Crippen molar-refractivity contribution in [3.8, 4) is 5.75 Å². The van der Waals surface area contributed by atoms with Crippen LogP contribution < -0.4 is 15.2 Å². The molecular weight excluding hydrogens is 568 g/mol. The highest BCUT2D eigenvalue weighted by Gasteiger charge is 2.51. The average Bonchev–Trinajstić information content (AvgIpc) is 3.65. The van der Waals surface area contributed by atoms with Gasteiger partial charge in [-0.25, -0.2) is 0 Å². The number of nitrogens with zero attached hydrogens (tertiary/aromatic N) is 1. The van der Waals surface area contributed by atoms with E-state index in [1.807, 2.05) is 53.4 Å². The molecule has 2 saturated heterocycles. The number of carbonyl (C=O) groups is 2. The van der Waals surface area contributed by atoms with Crippen molar-refractivity contribution in [2.75, 3.05) is 25.6 Å². The maximum Gasteiger partial charge on any atom is 0.255 e. The predicted molar refractivity (Wildman–Crippen MR) is 177 cm³/mol. The number of carbonyl (C=O) groups excluding carboxylic acids is 2. The summed E-state index contributed by atoms with van der Waals surface area (Å²) in [6.45, 7) is 7.80. The van der Waals surface area contributed by atoms with Gasteiger partial charge in [0, 0.05) is 17.8 Å². The highest BCUT2D eigenvalue weighted by molar-refractivity contribution is 6.91. The molecule has 2 heterocycles. The molecular formula is C36H46N2O5Si. The Hall–Kier alpha value is -3.46. The van der Waals surface area contributed by atoms with Gasteiger partial charge in [-0.1, -0.05) is 67.7 Å². The third-order valence-electron chi connectivity index (χ3n) is 9.79. The Kier molecular flexibility index (Phi) is 10.2. The number of rotatable bonds is 11. The molecule has 0 aliphatic carbocycles. The zero-order chi connectivity index (χ0) is 31.3. The van der Waals surface area contributed by atoms with Gasteiger partial charge < -0.3 is 24.8 Å². The van der Waals surface area contributed by atoms with E-state index in [1.54, 1.807) is 19.2 Å². The van der Waals surface area contributed by atoms with Gasteiger partial charge >= 0.3 is 0 Å². The fourth-order valence-corrected chi connectivity index (χ4v) is 11.5. The lowest BCUT2D eigenvalue weighted by Gasteiger charge is -2.36. The number of amides is 2. The first-order valence-electron chi connectivity index (χ1n) is 15.9. The van der Waals surface area contributed by atoms with E-state index in [0.29, 0.717) is 18.5 Å². The van der Waals surface area contributed by atoms with Crippen molar-refractivity contribution in [2.45, 2.75) is 75.9 Å². The second kappa shape index (κ2) is 14.1. The Balaban J connectivity index is 1.32. The van der Waals surface area contributed by atoms with Crippen molar-refractivity contribution >= 4 is 30.8 Å². The zero-order valence-corrected chi connectivity index (χ0v) is 27.4. The van der Waals surface area contributed by atoms with Crippen molar-refractivity contribution in [3.05, 3.63) is 90.0 Å². The van der Waals surface area contributed by atoms with E-state index in [0.717, 1.165) is 42.7 Å². The molecule has 3 aromatic carbocycles. The highest BCUT2D eigenvalue weighted by Crippen LogP contribution is 2.46. The molecule has 0 spiro atoms. The van der Waals surface area contributed by atoms with Crippen molar-refractivity contribution in [1.82, 2.24) is 4.90 Å². The van der Waals surface area contributed by atoms with Crippen LogP contribution in [0.2, 0.25) is 18.6 Å². The van der Waals surface area contributed by atoms with Crippen molar-refractivity contribution in [2.24, 2.45) is 5.92 Å². The molecule has 0 aromatic heterocycles. The van der Waals surface area contributed by atoms with Crippen molar-refractivity contribution in [1.29, 1.82) is 0 Å². The maximum absolute atomic E-state index is 13.6. The Bertz CT molecular complexity index is 1410. The molecule has 5 rings (SSSR count). The van der Waals surface area contributed by atoms with E-state index in [-0.39, 0.29) is 48.1 Å². The summed E-state index contributed by atoms with van der Waals surface area (Å²) in [5.74, 6) is 1.07. The van der Waals surface area contributed by atoms with Crippen LogP contribution in [0, 0.1) is 5.92 Å². The van der Waals surface area contributed by atoms with Gasteiger partial charge in [0.2, 0.25) is 5.91 Å². The van der Waals surface area contributed by atoms with Gasteiger partial charge in [0.05, 0.1) is 46.5 Å². The lowest BCUT2D eigenvalue weighted by molar-refractivity contribution is -0.135. The summed E-state index contributed by atoms with van der Waals surface area (Å²) in [4.78, 5) is 28.2. The van der Waals surface area contributed by atoms with Gasteiger partial charge in [-0.15, -0.1) is 0 Å². The number of methoxy groups -OCH3 is 1. The van der Waals surface area contributed by atoms with Crippen molar-refractivity contribution < 1.29 is 24.2 Å². The van der Waals surface area contributed by atoms with Crippen LogP contribution in [0.1, 0.15) is 48.5 Å². The van der Waals surface area contributed by atoms with Crippen LogP contribution in [0.25, 0.3) is 0 Å². The molecule has 2 N–H and O–H groups in total. The molecule has 3 aromatic rings. The lowest BCUT2D eigenvalue weighted by Crippen LogP contribution is -2.51. The minimum absolute atomic E-state index is 0.0106. The second-order valence-electron chi connectivity index (χ2n) is 12.9. The number of benzene rings is 3. The number of hydrogen-bond donors (Lipinski definition) is 2. The zero-order valence-electron chi connectivity index (χ0n) is 26.4. The maximum atomic E-state index is 13.6. The molecule has 7 nitrogen and oxygen atoms in total. The molecule has 234 valence electrons. The summed E-state index contributed by atoms with van der Waals surface area (Å²) in [5.41, 5.74) is 2.78. The predicted octanol–water partition coefficient (Wildman–Crippen LogP) is 5.64. The number of aliphatic hydroxyl groups excluding tert-OH is 1. The van der Waals surface area contributed by atoms with Gasteiger partial charge in [0.15, 0.2) is 0 Å². The van der Waals surface area contributed by atoms with E-state index in [1.165, 1.54) is 5.19 Å². The molecule has 0 radical (unpaired) electrons. The van der Waals surface area contributed by atoms with Crippen LogP contribution in [0.4, 0.5) is 5.69 Å². The normalized spacial score (nSPS) is 23.5. The molecule has 0 unspecified atom stereocenters. The van der Waals surface area contributed by atoms with Crippen LogP contribution in [0.15, 0.2) is 78.9 Å². The monoisotopic (exact) mass is 614 g/mol. The van der Waals surface area contributed by atoms with Crippen LogP contribution in [-0.4, -0.2) is 68.4 Å². The van der Waals surface area contributed by atoms with Crippen LogP contribution >= 0.6 is 0 Å². The summed E-state index contributed by atoms with van der Waals surface area (Å²) in [5, 5.41) is 14.2. The second-order valence-corrected chi connectivity index (χ2v) is 17.6. The van der Waals surface area contributed by atoms with E-state index >= 15 is 0 Å².